The first-order valence-electron chi connectivity index (χ1n) is 11.6. The Morgan fingerprint density at radius 1 is 0.889 bits per heavy atom. The van der Waals surface area contributed by atoms with E-state index < -0.39 is 17.8 Å². The van der Waals surface area contributed by atoms with E-state index in [9.17, 15) is 14.0 Å². The number of rotatable bonds is 10. The number of carbonyl (C=O) groups is 2. The summed E-state index contributed by atoms with van der Waals surface area (Å²) in [5.74, 6) is -1.08. The van der Waals surface area contributed by atoms with Gasteiger partial charge in [0, 0.05) is 30.1 Å². The van der Waals surface area contributed by atoms with Crippen molar-refractivity contribution in [2.24, 2.45) is 5.92 Å². The molecule has 0 radical (unpaired) electrons. The predicted octanol–water partition coefficient (Wildman–Crippen LogP) is 6.74. The highest BCUT2D eigenvalue weighted by Crippen LogP contribution is 2.26. The standard InChI is InChI=1S/C28H28Cl3FN2O2/c1-18(2)16-33-28(36)26(14-19-7-4-3-5-8-19)34(17-20-11-12-23(30)24(31)13-20)27(35)15-21-22(29)9-6-10-25(21)32/h3-13,18,26H,14-17H2,1-2H3,(H,33,36)/t26-/m1/s1. The Morgan fingerprint density at radius 2 is 1.61 bits per heavy atom. The molecule has 0 fully saturated rings. The molecule has 36 heavy (non-hydrogen) atoms. The zero-order valence-electron chi connectivity index (χ0n) is 20.1. The third-order valence-electron chi connectivity index (χ3n) is 5.68. The lowest BCUT2D eigenvalue weighted by Crippen LogP contribution is -2.51. The highest BCUT2D eigenvalue weighted by atomic mass is 35.5. The highest BCUT2D eigenvalue weighted by Gasteiger charge is 2.31. The van der Waals surface area contributed by atoms with Crippen LogP contribution in [0.1, 0.15) is 30.5 Å². The van der Waals surface area contributed by atoms with Gasteiger partial charge in [0.25, 0.3) is 0 Å². The van der Waals surface area contributed by atoms with E-state index in [4.69, 9.17) is 34.8 Å². The molecule has 190 valence electrons. The lowest BCUT2D eigenvalue weighted by atomic mass is 10.0. The molecule has 8 heteroatoms. The largest absolute Gasteiger partial charge is 0.354 e. The van der Waals surface area contributed by atoms with Crippen molar-refractivity contribution in [3.8, 4) is 0 Å². The molecule has 3 aromatic carbocycles. The zero-order valence-corrected chi connectivity index (χ0v) is 22.4. The fourth-order valence-corrected chi connectivity index (χ4v) is 4.32. The number of nitrogens with one attached hydrogen (secondary N) is 1. The van der Waals surface area contributed by atoms with Gasteiger partial charge in [-0.15, -0.1) is 0 Å². The molecular weight excluding hydrogens is 522 g/mol. The third kappa shape index (κ3) is 7.70. The van der Waals surface area contributed by atoms with Gasteiger partial charge >= 0.3 is 0 Å². The second kappa shape index (κ2) is 13.1. The Morgan fingerprint density at radius 3 is 2.25 bits per heavy atom. The molecule has 0 heterocycles. The van der Waals surface area contributed by atoms with Crippen molar-refractivity contribution in [1.29, 1.82) is 0 Å². The van der Waals surface area contributed by atoms with Gasteiger partial charge in [-0.25, -0.2) is 4.39 Å². The van der Waals surface area contributed by atoms with Gasteiger partial charge in [-0.05, 0) is 41.3 Å². The van der Waals surface area contributed by atoms with Crippen molar-refractivity contribution < 1.29 is 14.0 Å². The molecule has 1 N–H and O–H groups in total. The number of halogens is 4. The van der Waals surface area contributed by atoms with Crippen LogP contribution in [0.4, 0.5) is 4.39 Å². The van der Waals surface area contributed by atoms with Crippen LogP contribution in [0.25, 0.3) is 0 Å². The van der Waals surface area contributed by atoms with E-state index in [2.05, 4.69) is 5.32 Å². The first-order chi connectivity index (χ1) is 17.2. The van der Waals surface area contributed by atoms with Gasteiger partial charge in [0.2, 0.25) is 11.8 Å². The summed E-state index contributed by atoms with van der Waals surface area (Å²) in [5, 5.41) is 3.82. The minimum atomic E-state index is -0.848. The maximum Gasteiger partial charge on any atom is 0.243 e. The van der Waals surface area contributed by atoms with Crippen LogP contribution < -0.4 is 5.32 Å². The van der Waals surface area contributed by atoms with Crippen molar-refractivity contribution in [2.45, 2.75) is 39.3 Å². The van der Waals surface area contributed by atoms with Crippen LogP contribution in [0.3, 0.4) is 0 Å². The summed E-state index contributed by atoms with van der Waals surface area (Å²) >= 11 is 18.5. The summed E-state index contributed by atoms with van der Waals surface area (Å²) in [5.41, 5.74) is 1.66. The molecule has 0 aliphatic rings. The highest BCUT2D eigenvalue weighted by molar-refractivity contribution is 6.42. The average molecular weight is 550 g/mol. The Balaban J connectivity index is 2.01. The molecule has 0 saturated heterocycles. The minimum Gasteiger partial charge on any atom is -0.354 e. The van der Waals surface area contributed by atoms with Crippen LogP contribution >= 0.6 is 34.8 Å². The van der Waals surface area contributed by atoms with E-state index in [0.29, 0.717) is 22.2 Å². The fraction of sp³-hybridized carbons (Fsp3) is 0.286. The Hall–Kier alpha value is -2.60. The predicted molar refractivity (Wildman–Crippen MR) is 144 cm³/mol. The van der Waals surface area contributed by atoms with Gasteiger partial charge in [-0.3, -0.25) is 9.59 Å². The number of carbonyl (C=O) groups excluding carboxylic acids is 2. The second-order valence-electron chi connectivity index (χ2n) is 8.99. The van der Waals surface area contributed by atoms with Gasteiger partial charge in [0.1, 0.15) is 11.9 Å². The zero-order chi connectivity index (χ0) is 26.2. The van der Waals surface area contributed by atoms with Crippen molar-refractivity contribution in [3.05, 3.63) is 104 Å². The lowest BCUT2D eigenvalue weighted by molar-refractivity contribution is -0.140. The molecule has 0 spiro atoms. The summed E-state index contributed by atoms with van der Waals surface area (Å²) in [4.78, 5) is 28.6. The molecule has 0 aliphatic heterocycles. The summed E-state index contributed by atoms with van der Waals surface area (Å²) in [6.45, 7) is 4.52. The fourth-order valence-electron chi connectivity index (χ4n) is 3.77. The SMILES string of the molecule is CC(C)CNC(=O)[C@@H](Cc1ccccc1)N(Cc1ccc(Cl)c(Cl)c1)C(=O)Cc1c(F)cccc1Cl. The quantitative estimate of drug-likeness (QED) is 0.304. The number of amides is 2. The van der Waals surface area contributed by atoms with Crippen molar-refractivity contribution in [2.75, 3.05) is 6.54 Å². The number of nitrogens with zero attached hydrogens (tertiary/aromatic N) is 1. The molecule has 1 atom stereocenters. The molecule has 2 amide bonds. The second-order valence-corrected chi connectivity index (χ2v) is 10.2. The Kier molecular flexibility index (Phi) is 10.2. The number of hydrogen-bond donors (Lipinski definition) is 1. The van der Waals surface area contributed by atoms with Crippen LogP contribution in [0.5, 0.6) is 0 Å². The van der Waals surface area contributed by atoms with Crippen LogP contribution in [-0.4, -0.2) is 29.3 Å². The van der Waals surface area contributed by atoms with E-state index in [1.54, 1.807) is 18.2 Å². The molecule has 0 saturated carbocycles. The molecule has 0 bridgehead atoms. The maximum absolute atomic E-state index is 14.5. The molecular formula is C28H28Cl3FN2O2. The number of hydrogen-bond acceptors (Lipinski definition) is 2. The summed E-state index contributed by atoms with van der Waals surface area (Å²) in [7, 11) is 0. The molecule has 0 aromatic heterocycles. The first-order valence-corrected chi connectivity index (χ1v) is 12.8. The van der Waals surface area contributed by atoms with Crippen LogP contribution in [0, 0.1) is 11.7 Å². The Labute approximate surface area is 226 Å². The summed E-state index contributed by atoms with van der Waals surface area (Å²) in [6, 6.07) is 17.9. The summed E-state index contributed by atoms with van der Waals surface area (Å²) < 4.78 is 14.5. The van der Waals surface area contributed by atoms with E-state index in [1.165, 1.54) is 23.1 Å². The van der Waals surface area contributed by atoms with Crippen molar-refractivity contribution in [3.63, 3.8) is 0 Å². The van der Waals surface area contributed by atoms with Gasteiger partial charge in [0.05, 0.1) is 16.5 Å². The van der Waals surface area contributed by atoms with E-state index in [1.807, 2.05) is 44.2 Å². The van der Waals surface area contributed by atoms with Gasteiger partial charge < -0.3 is 10.2 Å². The molecule has 0 unspecified atom stereocenters. The number of benzene rings is 3. The van der Waals surface area contributed by atoms with Crippen LogP contribution in [0.2, 0.25) is 15.1 Å². The monoisotopic (exact) mass is 548 g/mol. The van der Waals surface area contributed by atoms with Crippen LogP contribution in [0.15, 0.2) is 66.7 Å². The van der Waals surface area contributed by atoms with Crippen LogP contribution in [-0.2, 0) is 29.0 Å². The minimum absolute atomic E-state index is 0.0778. The van der Waals surface area contributed by atoms with E-state index in [-0.39, 0.29) is 41.8 Å². The molecule has 3 rings (SSSR count). The third-order valence-corrected chi connectivity index (χ3v) is 6.78. The van der Waals surface area contributed by atoms with Gasteiger partial charge in [-0.2, -0.15) is 0 Å². The lowest BCUT2D eigenvalue weighted by Gasteiger charge is -2.32. The molecule has 4 nitrogen and oxygen atoms in total. The van der Waals surface area contributed by atoms with E-state index >= 15 is 0 Å². The van der Waals surface area contributed by atoms with Gasteiger partial charge in [0.15, 0.2) is 0 Å². The molecule has 0 aliphatic carbocycles. The summed E-state index contributed by atoms with van der Waals surface area (Å²) in [6.07, 6.45) is -0.0155. The smallest absolute Gasteiger partial charge is 0.243 e. The van der Waals surface area contributed by atoms with E-state index in [0.717, 1.165) is 5.56 Å². The van der Waals surface area contributed by atoms with Gasteiger partial charge in [-0.1, -0.05) is 91.1 Å². The Bertz CT molecular complexity index is 1180. The normalized spacial score (nSPS) is 11.9. The van der Waals surface area contributed by atoms with Crippen molar-refractivity contribution >= 4 is 46.6 Å². The first kappa shape index (κ1) is 28.0. The average Bonchev–Trinajstić information content (AvgIpc) is 2.84. The topological polar surface area (TPSA) is 49.4 Å². The molecule has 3 aromatic rings. The maximum atomic E-state index is 14.5. The van der Waals surface area contributed by atoms with Crippen molar-refractivity contribution in [1.82, 2.24) is 10.2 Å².